The van der Waals surface area contributed by atoms with Gasteiger partial charge in [-0.3, -0.25) is 14.4 Å². The number of alkyl carbamates (subject to hydrolysis) is 1. The SMILES string of the molecule is COC[C@H]1CCCN1C(=O)C(c1ccccc1)N1C=NC2(NC(=O)[C@@H](COCc3ccccc3)NC(=O)C(C)(C)NC(=O)OC(C)(C)C)CC12. The van der Waals surface area contributed by atoms with Crippen molar-refractivity contribution in [1.29, 1.82) is 0 Å². The highest BCUT2D eigenvalue weighted by molar-refractivity contribution is 5.94. The van der Waals surface area contributed by atoms with E-state index in [9.17, 15) is 19.2 Å². The van der Waals surface area contributed by atoms with Crippen molar-refractivity contribution in [2.24, 2.45) is 4.99 Å². The minimum atomic E-state index is -1.41. The second-order valence-corrected chi connectivity index (χ2v) is 14.7. The van der Waals surface area contributed by atoms with Gasteiger partial charge in [0.2, 0.25) is 17.7 Å². The topological polar surface area (TPSA) is 151 Å². The summed E-state index contributed by atoms with van der Waals surface area (Å²) >= 11 is 0. The molecule has 4 amide bonds. The molecule has 1 saturated carbocycles. The molecule has 0 radical (unpaired) electrons. The zero-order valence-electron chi connectivity index (χ0n) is 29.8. The van der Waals surface area contributed by atoms with Crippen molar-refractivity contribution in [2.75, 3.05) is 26.9 Å². The molecule has 2 aromatic rings. The van der Waals surface area contributed by atoms with Gasteiger partial charge in [-0.25, -0.2) is 9.79 Å². The number of aliphatic imine (C=N–C) groups is 1. The lowest BCUT2D eigenvalue weighted by atomic mass is 10.0. The predicted octanol–water partition coefficient (Wildman–Crippen LogP) is 3.30. The average Bonchev–Trinajstić information content (AvgIpc) is 3.36. The Morgan fingerprint density at radius 3 is 2.32 bits per heavy atom. The number of hydrogen-bond acceptors (Lipinski definition) is 9. The van der Waals surface area contributed by atoms with E-state index in [1.807, 2.05) is 70.5 Å². The number of benzene rings is 2. The van der Waals surface area contributed by atoms with Crippen molar-refractivity contribution < 1.29 is 33.4 Å². The predicted molar refractivity (Wildman–Crippen MR) is 187 cm³/mol. The zero-order chi connectivity index (χ0) is 36.1. The van der Waals surface area contributed by atoms with Crippen molar-refractivity contribution >= 4 is 30.2 Å². The Labute approximate surface area is 294 Å². The number of hydrogen-bond donors (Lipinski definition) is 3. The maximum atomic E-state index is 14.2. The molecule has 0 bridgehead atoms. The highest BCUT2D eigenvalue weighted by atomic mass is 16.6. The molecule has 2 aliphatic heterocycles. The Kier molecular flexibility index (Phi) is 11.2. The van der Waals surface area contributed by atoms with Crippen LogP contribution in [0.15, 0.2) is 65.7 Å². The van der Waals surface area contributed by atoms with Crippen molar-refractivity contribution in [1.82, 2.24) is 25.8 Å². The highest BCUT2D eigenvalue weighted by Crippen LogP contribution is 2.49. The average molecular weight is 691 g/mol. The number of likely N-dealkylation sites (tertiary alicyclic amines) is 1. The van der Waals surface area contributed by atoms with E-state index in [2.05, 4.69) is 16.0 Å². The van der Waals surface area contributed by atoms with Gasteiger partial charge in [0.1, 0.15) is 23.2 Å². The molecule has 50 heavy (non-hydrogen) atoms. The summed E-state index contributed by atoms with van der Waals surface area (Å²) in [7, 11) is 1.64. The minimum Gasteiger partial charge on any atom is -0.444 e. The smallest absolute Gasteiger partial charge is 0.408 e. The van der Waals surface area contributed by atoms with Crippen molar-refractivity contribution in [3.8, 4) is 0 Å². The number of nitrogens with one attached hydrogen (secondary N) is 3. The van der Waals surface area contributed by atoms with Gasteiger partial charge in [-0.15, -0.1) is 0 Å². The van der Waals surface area contributed by atoms with Gasteiger partial charge < -0.3 is 40.0 Å². The first-order chi connectivity index (χ1) is 23.7. The molecule has 2 heterocycles. The number of carbonyl (C=O) groups is 4. The monoisotopic (exact) mass is 690 g/mol. The van der Waals surface area contributed by atoms with E-state index in [0.29, 0.717) is 19.6 Å². The van der Waals surface area contributed by atoms with Gasteiger partial charge in [0.05, 0.1) is 38.2 Å². The minimum absolute atomic E-state index is 0.00349. The molecule has 0 aromatic heterocycles. The van der Waals surface area contributed by atoms with Crippen LogP contribution < -0.4 is 16.0 Å². The molecular formula is C37H50N6O7. The molecular weight excluding hydrogens is 640 g/mol. The molecule has 270 valence electrons. The lowest BCUT2D eigenvalue weighted by molar-refractivity contribution is -0.137. The van der Waals surface area contributed by atoms with E-state index in [4.69, 9.17) is 19.2 Å². The number of fused-ring (bicyclic) bond motifs is 1. The van der Waals surface area contributed by atoms with Gasteiger partial charge in [0.15, 0.2) is 5.66 Å². The summed E-state index contributed by atoms with van der Waals surface area (Å²) in [6, 6.07) is 17.1. The maximum absolute atomic E-state index is 14.2. The molecule has 2 aromatic carbocycles. The number of amides is 4. The van der Waals surface area contributed by atoms with Crippen LogP contribution in [0.1, 0.15) is 71.0 Å². The van der Waals surface area contributed by atoms with E-state index in [1.54, 1.807) is 34.2 Å². The normalized spacial score (nSPS) is 22.4. The molecule has 0 spiro atoms. The summed E-state index contributed by atoms with van der Waals surface area (Å²) in [5.41, 5.74) is -1.40. The van der Waals surface area contributed by atoms with Crippen LogP contribution in [-0.2, 0) is 35.2 Å². The molecule has 5 atom stereocenters. The third-order valence-electron chi connectivity index (χ3n) is 9.08. The second-order valence-electron chi connectivity index (χ2n) is 14.7. The number of methoxy groups -OCH3 is 1. The van der Waals surface area contributed by atoms with Crippen molar-refractivity contribution in [2.45, 2.75) is 101 Å². The Morgan fingerprint density at radius 1 is 1.00 bits per heavy atom. The van der Waals surface area contributed by atoms with Gasteiger partial charge in [-0.05, 0) is 58.6 Å². The van der Waals surface area contributed by atoms with E-state index in [0.717, 1.165) is 24.0 Å². The summed E-state index contributed by atoms with van der Waals surface area (Å²) in [5, 5.41) is 8.41. The summed E-state index contributed by atoms with van der Waals surface area (Å²) in [6.07, 6.45) is 3.16. The Hall–Kier alpha value is -4.49. The first kappa shape index (κ1) is 36.8. The molecule has 5 rings (SSSR count). The maximum Gasteiger partial charge on any atom is 0.408 e. The summed E-state index contributed by atoms with van der Waals surface area (Å²) in [6.45, 7) is 9.44. The van der Waals surface area contributed by atoms with Gasteiger partial charge in [0.25, 0.3) is 0 Å². The van der Waals surface area contributed by atoms with Gasteiger partial charge >= 0.3 is 6.09 Å². The summed E-state index contributed by atoms with van der Waals surface area (Å²) in [4.78, 5) is 62.7. The number of ether oxygens (including phenoxy) is 3. The van der Waals surface area contributed by atoms with Crippen LogP contribution in [0, 0.1) is 0 Å². The number of carbonyl (C=O) groups excluding carboxylic acids is 4. The van der Waals surface area contributed by atoms with Crippen LogP contribution in [0.2, 0.25) is 0 Å². The molecule has 3 unspecified atom stereocenters. The highest BCUT2D eigenvalue weighted by Gasteiger charge is 2.64. The van der Waals surface area contributed by atoms with Gasteiger partial charge in [0, 0.05) is 20.1 Å². The van der Waals surface area contributed by atoms with Crippen LogP contribution >= 0.6 is 0 Å². The standard InChI is InChI=1S/C37H50N6O7/c1-35(2,3)50-34(47)41-36(4,5)33(46)39-28(23-49-21-25-14-9-7-10-15-25)31(44)40-37-20-29(37)43(24-38-37)30(26-16-11-8-12-17-26)32(45)42-19-13-18-27(42)22-48-6/h7-12,14-17,24,27-30H,13,18-23H2,1-6H3,(H,39,46)(H,40,44)(H,41,47)/t27-,28-,29?,30?,37?/m1/s1. The molecule has 2 fully saturated rings. The van der Waals surface area contributed by atoms with Crippen LogP contribution in [0.3, 0.4) is 0 Å². The first-order valence-corrected chi connectivity index (χ1v) is 17.2. The molecule has 3 aliphatic rings. The van der Waals surface area contributed by atoms with Crippen molar-refractivity contribution in [3.63, 3.8) is 0 Å². The Balaban J connectivity index is 1.30. The Bertz CT molecular complexity index is 1550. The zero-order valence-corrected chi connectivity index (χ0v) is 29.8. The van der Waals surface area contributed by atoms with E-state index >= 15 is 0 Å². The molecule has 1 aliphatic carbocycles. The largest absolute Gasteiger partial charge is 0.444 e. The number of rotatable bonds is 14. The third-order valence-corrected chi connectivity index (χ3v) is 9.08. The van der Waals surface area contributed by atoms with Crippen molar-refractivity contribution in [3.05, 3.63) is 71.8 Å². The van der Waals surface area contributed by atoms with Crippen LogP contribution in [0.5, 0.6) is 0 Å². The fraction of sp³-hybridized carbons (Fsp3) is 0.541. The number of nitrogens with zero attached hydrogens (tertiary/aromatic N) is 3. The second kappa shape index (κ2) is 15.2. The third kappa shape index (κ3) is 8.80. The van der Waals surface area contributed by atoms with E-state index in [1.165, 1.54) is 13.8 Å². The van der Waals surface area contributed by atoms with E-state index in [-0.39, 0.29) is 31.2 Å². The fourth-order valence-electron chi connectivity index (χ4n) is 6.42. The van der Waals surface area contributed by atoms with Crippen LogP contribution in [-0.4, -0.2) is 102 Å². The van der Waals surface area contributed by atoms with Gasteiger partial charge in [-0.2, -0.15) is 0 Å². The summed E-state index contributed by atoms with van der Waals surface area (Å²) < 4.78 is 16.7. The van der Waals surface area contributed by atoms with Gasteiger partial charge in [-0.1, -0.05) is 60.7 Å². The quantitative estimate of drug-likeness (QED) is 0.273. The first-order valence-electron chi connectivity index (χ1n) is 17.2. The molecule has 1 saturated heterocycles. The molecule has 13 nitrogen and oxygen atoms in total. The van der Waals surface area contributed by atoms with Crippen LogP contribution in [0.4, 0.5) is 4.79 Å². The molecule has 3 N–H and O–H groups in total. The lowest BCUT2D eigenvalue weighted by Gasteiger charge is -2.34. The fourth-order valence-corrected chi connectivity index (χ4v) is 6.42. The lowest BCUT2D eigenvalue weighted by Crippen LogP contribution is -2.61. The Morgan fingerprint density at radius 2 is 1.68 bits per heavy atom. The van der Waals surface area contributed by atoms with E-state index < -0.39 is 46.8 Å². The van der Waals surface area contributed by atoms with Crippen LogP contribution in [0.25, 0.3) is 0 Å². The summed E-state index contributed by atoms with van der Waals surface area (Å²) in [5.74, 6) is -1.13. The molecule has 13 heteroatoms.